The summed E-state index contributed by atoms with van der Waals surface area (Å²) in [5, 5.41) is 8.72. The van der Waals surface area contributed by atoms with E-state index < -0.39 is 5.97 Å². The fourth-order valence-corrected chi connectivity index (χ4v) is 3.10. The molecule has 1 fully saturated rings. The molecule has 1 N–H and O–H groups in total. The highest BCUT2D eigenvalue weighted by Crippen LogP contribution is 2.32. The Labute approximate surface area is 117 Å². The van der Waals surface area contributed by atoms with Crippen LogP contribution in [0.2, 0.25) is 0 Å². The molecule has 0 amide bonds. The lowest BCUT2D eigenvalue weighted by molar-refractivity contribution is -0.136. The van der Waals surface area contributed by atoms with Gasteiger partial charge in [-0.2, -0.15) is 11.8 Å². The summed E-state index contributed by atoms with van der Waals surface area (Å²) in [7, 11) is 1.61. The van der Waals surface area contributed by atoms with E-state index in [0.717, 1.165) is 29.2 Å². The third-order valence-electron chi connectivity index (χ3n) is 3.04. The standard InChI is InChI=1S/C14H18O4S/c1-17-12-4-2-10(3-5-14(15)16)8-13(12)18-11-6-7-19-9-11/h2,4,8,11H,3,5-7,9H2,1H3,(H,15,16). The van der Waals surface area contributed by atoms with E-state index in [2.05, 4.69) is 0 Å². The van der Waals surface area contributed by atoms with Gasteiger partial charge in [-0.15, -0.1) is 0 Å². The van der Waals surface area contributed by atoms with Crippen LogP contribution in [0.25, 0.3) is 0 Å². The minimum atomic E-state index is -0.787. The van der Waals surface area contributed by atoms with Gasteiger partial charge in [0.05, 0.1) is 7.11 Å². The number of aryl methyl sites for hydroxylation is 1. The third-order valence-corrected chi connectivity index (χ3v) is 4.17. The molecule has 19 heavy (non-hydrogen) atoms. The van der Waals surface area contributed by atoms with E-state index >= 15 is 0 Å². The van der Waals surface area contributed by atoms with Gasteiger partial charge < -0.3 is 14.6 Å². The molecule has 4 nitrogen and oxygen atoms in total. The van der Waals surface area contributed by atoms with Gasteiger partial charge in [-0.05, 0) is 36.3 Å². The van der Waals surface area contributed by atoms with Crippen molar-refractivity contribution in [2.45, 2.75) is 25.4 Å². The molecule has 1 unspecified atom stereocenters. The normalized spacial score (nSPS) is 18.3. The second-order valence-corrected chi connectivity index (χ2v) is 5.63. The largest absolute Gasteiger partial charge is 0.493 e. The highest BCUT2D eigenvalue weighted by Gasteiger charge is 2.19. The van der Waals surface area contributed by atoms with Gasteiger partial charge in [0.1, 0.15) is 6.10 Å². The number of methoxy groups -OCH3 is 1. The summed E-state index contributed by atoms with van der Waals surface area (Å²) >= 11 is 1.89. The van der Waals surface area contributed by atoms with Gasteiger partial charge in [0, 0.05) is 12.2 Å². The number of rotatable bonds is 6. The zero-order chi connectivity index (χ0) is 13.7. The molecule has 1 aromatic carbocycles. The summed E-state index contributed by atoms with van der Waals surface area (Å²) in [5.41, 5.74) is 0.962. The van der Waals surface area contributed by atoms with Crippen molar-refractivity contribution < 1.29 is 19.4 Å². The second kappa shape index (κ2) is 6.70. The van der Waals surface area contributed by atoms with Crippen LogP contribution in [0.3, 0.4) is 0 Å². The Kier molecular flexibility index (Phi) is 4.96. The lowest BCUT2D eigenvalue weighted by Gasteiger charge is -2.16. The predicted molar refractivity (Wildman–Crippen MR) is 75.3 cm³/mol. The molecule has 1 saturated heterocycles. The number of carboxylic acids is 1. The summed E-state index contributed by atoms with van der Waals surface area (Å²) < 4.78 is 11.2. The quantitative estimate of drug-likeness (QED) is 0.869. The van der Waals surface area contributed by atoms with Crippen LogP contribution in [0.15, 0.2) is 18.2 Å². The molecule has 1 atom stereocenters. The van der Waals surface area contributed by atoms with E-state index in [1.807, 2.05) is 30.0 Å². The summed E-state index contributed by atoms with van der Waals surface area (Å²) in [6.45, 7) is 0. The number of ether oxygens (including phenoxy) is 2. The van der Waals surface area contributed by atoms with Gasteiger partial charge in [0.2, 0.25) is 0 Å². The maximum Gasteiger partial charge on any atom is 0.303 e. The first-order chi connectivity index (χ1) is 9.19. The highest BCUT2D eigenvalue weighted by atomic mass is 32.2. The lowest BCUT2D eigenvalue weighted by Crippen LogP contribution is -2.15. The molecule has 5 heteroatoms. The van der Waals surface area contributed by atoms with Gasteiger partial charge in [-0.25, -0.2) is 0 Å². The monoisotopic (exact) mass is 282 g/mol. The topological polar surface area (TPSA) is 55.8 Å². The first kappa shape index (κ1) is 14.1. The fraction of sp³-hybridized carbons (Fsp3) is 0.500. The van der Waals surface area contributed by atoms with E-state index in [9.17, 15) is 4.79 Å². The number of carbonyl (C=O) groups is 1. The molecular formula is C14H18O4S. The van der Waals surface area contributed by atoms with Crippen molar-refractivity contribution in [1.29, 1.82) is 0 Å². The van der Waals surface area contributed by atoms with Gasteiger partial charge in [-0.1, -0.05) is 6.07 Å². The molecule has 1 heterocycles. The highest BCUT2D eigenvalue weighted by molar-refractivity contribution is 7.99. The Balaban J connectivity index is 2.08. The molecule has 1 aromatic rings. The van der Waals surface area contributed by atoms with Gasteiger partial charge in [-0.3, -0.25) is 4.79 Å². The van der Waals surface area contributed by atoms with Gasteiger partial charge in [0.15, 0.2) is 11.5 Å². The van der Waals surface area contributed by atoms with E-state index in [1.165, 1.54) is 0 Å². The summed E-state index contributed by atoms with van der Waals surface area (Å²) in [4.78, 5) is 10.6. The average Bonchev–Trinajstić information content (AvgIpc) is 2.89. The molecule has 0 radical (unpaired) electrons. The van der Waals surface area contributed by atoms with Crippen LogP contribution in [0.5, 0.6) is 11.5 Å². The Morgan fingerprint density at radius 2 is 2.32 bits per heavy atom. The van der Waals surface area contributed by atoms with Crippen molar-refractivity contribution in [1.82, 2.24) is 0 Å². The molecule has 1 aliphatic heterocycles. The van der Waals surface area contributed by atoms with Crippen LogP contribution < -0.4 is 9.47 Å². The molecule has 104 valence electrons. The zero-order valence-corrected chi connectivity index (χ0v) is 11.7. The van der Waals surface area contributed by atoms with E-state index in [1.54, 1.807) is 7.11 Å². The van der Waals surface area contributed by atoms with Crippen molar-refractivity contribution in [3.63, 3.8) is 0 Å². The first-order valence-corrected chi connectivity index (χ1v) is 7.47. The molecule has 0 aromatic heterocycles. The van der Waals surface area contributed by atoms with E-state index in [4.69, 9.17) is 14.6 Å². The predicted octanol–water partition coefficient (Wildman–Crippen LogP) is 2.60. The van der Waals surface area contributed by atoms with Crippen molar-refractivity contribution >= 4 is 17.7 Å². The van der Waals surface area contributed by atoms with Crippen molar-refractivity contribution in [3.05, 3.63) is 23.8 Å². The first-order valence-electron chi connectivity index (χ1n) is 6.32. The van der Waals surface area contributed by atoms with E-state index in [-0.39, 0.29) is 12.5 Å². The van der Waals surface area contributed by atoms with Crippen LogP contribution in [0.4, 0.5) is 0 Å². The van der Waals surface area contributed by atoms with Crippen molar-refractivity contribution in [3.8, 4) is 11.5 Å². The minimum absolute atomic E-state index is 0.130. The van der Waals surface area contributed by atoms with Crippen LogP contribution in [0.1, 0.15) is 18.4 Å². The second-order valence-electron chi connectivity index (χ2n) is 4.48. The fourth-order valence-electron chi connectivity index (χ4n) is 2.01. The summed E-state index contributed by atoms with van der Waals surface area (Å²) in [5.74, 6) is 2.77. The number of benzene rings is 1. The summed E-state index contributed by atoms with van der Waals surface area (Å²) in [6.07, 6.45) is 1.92. The number of hydrogen-bond acceptors (Lipinski definition) is 4. The van der Waals surface area contributed by atoms with Crippen LogP contribution in [-0.2, 0) is 11.2 Å². The number of carboxylic acid groups (broad SMARTS) is 1. The molecule has 0 spiro atoms. The minimum Gasteiger partial charge on any atom is -0.493 e. The number of thioether (sulfide) groups is 1. The smallest absolute Gasteiger partial charge is 0.303 e. The van der Waals surface area contributed by atoms with Crippen molar-refractivity contribution in [2.24, 2.45) is 0 Å². The van der Waals surface area contributed by atoms with Crippen LogP contribution >= 0.6 is 11.8 Å². The van der Waals surface area contributed by atoms with Gasteiger partial charge in [0.25, 0.3) is 0 Å². The average molecular weight is 282 g/mol. The Morgan fingerprint density at radius 3 is 2.95 bits per heavy atom. The third kappa shape index (κ3) is 4.06. The maximum absolute atomic E-state index is 10.6. The Bertz CT molecular complexity index is 441. The Morgan fingerprint density at radius 1 is 1.47 bits per heavy atom. The molecule has 0 bridgehead atoms. The Hall–Kier alpha value is -1.36. The molecule has 0 aliphatic carbocycles. The summed E-state index contributed by atoms with van der Waals surface area (Å²) in [6, 6.07) is 5.62. The molecule has 1 aliphatic rings. The van der Waals surface area contributed by atoms with Gasteiger partial charge >= 0.3 is 5.97 Å². The lowest BCUT2D eigenvalue weighted by atomic mass is 10.1. The zero-order valence-electron chi connectivity index (χ0n) is 10.9. The molecular weight excluding hydrogens is 264 g/mol. The molecule has 2 rings (SSSR count). The maximum atomic E-state index is 10.6. The van der Waals surface area contributed by atoms with Crippen LogP contribution in [-0.4, -0.2) is 35.8 Å². The van der Waals surface area contributed by atoms with E-state index in [0.29, 0.717) is 12.2 Å². The SMILES string of the molecule is COc1ccc(CCC(=O)O)cc1OC1CCSC1. The molecule has 0 saturated carbocycles. The number of hydrogen-bond donors (Lipinski definition) is 1. The van der Waals surface area contributed by atoms with Crippen molar-refractivity contribution in [2.75, 3.05) is 18.6 Å². The number of aliphatic carboxylic acids is 1. The van der Waals surface area contributed by atoms with Crippen LogP contribution in [0, 0.1) is 0 Å².